The molecule has 4 nitrogen and oxygen atoms in total. The van der Waals surface area contributed by atoms with Crippen LogP contribution in [0.2, 0.25) is 0 Å². The molecule has 28 heavy (non-hydrogen) atoms. The maximum absolute atomic E-state index is 5.83. The van der Waals surface area contributed by atoms with Crippen LogP contribution in [-0.4, -0.2) is 9.97 Å². The molecule has 3 aromatic carbocycles. The summed E-state index contributed by atoms with van der Waals surface area (Å²) in [6.45, 7) is 0. The third-order valence-electron chi connectivity index (χ3n) is 4.09. The minimum atomic E-state index is 0.749. The first-order valence-electron chi connectivity index (χ1n) is 9.00. The molecule has 4 rings (SSSR count). The van der Waals surface area contributed by atoms with Crippen LogP contribution in [0.4, 0.5) is 11.5 Å². The quantitative estimate of drug-likeness (QED) is 0.443. The largest absolute Gasteiger partial charge is 0.457 e. The number of benzene rings is 3. The number of nitrogens with zero attached hydrogens (tertiary/aromatic N) is 2. The van der Waals surface area contributed by atoms with Gasteiger partial charge in [0.25, 0.3) is 0 Å². The van der Waals surface area contributed by atoms with Gasteiger partial charge in [0, 0.05) is 17.4 Å². The molecule has 4 aromatic rings. The fraction of sp³-hybridized carbons (Fsp3) is 0. The van der Waals surface area contributed by atoms with Crippen LogP contribution in [0.1, 0.15) is 11.1 Å². The molecule has 0 atom stereocenters. The van der Waals surface area contributed by atoms with Crippen LogP contribution < -0.4 is 10.1 Å². The van der Waals surface area contributed by atoms with Crippen molar-refractivity contribution in [2.45, 2.75) is 0 Å². The van der Waals surface area contributed by atoms with Gasteiger partial charge in [0.15, 0.2) is 0 Å². The smallest absolute Gasteiger partial charge is 0.141 e. The highest BCUT2D eigenvalue weighted by Crippen LogP contribution is 2.25. The summed E-state index contributed by atoms with van der Waals surface area (Å²) in [5.74, 6) is 2.34. The average Bonchev–Trinajstić information content (AvgIpc) is 2.76. The third kappa shape index (κ3) is 4.62. The fourth-order valence-corrected chi connectivity index (χ4v) is 2.68. The highest BCUT2D eigenvalue weighted by molar-refractivity contribution is 5.76. The lowest BCUT2D eigenvalue weighted by molar-refractivity contribution is 0.483. The Hall–Kier alpha value is -3.92. The molecule has 136 valence electrons. The maximum atomic E-state index is 5.83. The lowest BCUT2D eigenvalue weighted by atomic mass is 10.2. The van der Waals surface area contributed by atoms with Gasteiger partial charge in [0.2, 0.25) is 0 Å². The van der Waals surface area contributed by atoms with Crippen LogP contribution in [0.25, 0.3) is 12.2 Å². The Bertz CT molecular complexity index is 1050. The topological polar surface area (TPSA) is 47.0 Å². The van der Waals surface area contributed by atoms with Gasteiger partial charge >= 0.3 is 0 Å². The van der Waals surface area contributed by atoms with Crippen LogP contribution >= 0.6 is 0 Å². The zero-order chi connectivity index (χ0) is 19.0. The molecule has 0 fully saturated rings. The summed E-state index contributed by atoms with van der Waals surface area (Å²) in [5.41, 5.74) is 2.96. The molecule has 0 amide bonds. The molecule has 1 heterocycles. The molecule has 4 heteroatoms. The minimum Gasteiger partial charge on any atom is -0.457 e. The molecular weight excluding hydrogens is 346 g/mol. The Balaban J connectivity index is 1.48. The number of para-hydroxylation sites is 1. The van der Waals surface area contributed by atoms with E-state index < -0.39 is 0 Å². The summed E-state index contributed by atoms with van der Waals surface area (Å²) in [7, 11) is 0. The second kappa shape index (κ2) is 8.64. The van der Waals surface area contributed by atoms with Crippen molar-refractivity contribution in [2.75, 3.05) is 5.32 Å². The van der Waals surface area contributed by atoms with Crippen molar-refractivity contribution >= 4 is 23.7 Å². The zero-order valence-electron chi connectivity index (χ0n) is 15.2. The standard InChI is InChI=1S/C24H19N3O/c1-3-7-19(8-4-1)11-12-20-17-25-18-26-24(20)27-21-13-15-23(16-14-21)28-22-9-5-2-6-10-22/h1-18H,(H,25,26,27)/b12-11+. The van der Waals surface area contributed by atoms with Crippen molar-refractivity contribution in [1.29, 1.82) is 0 Å². The minimum absolute atomic E-state index is 0.749. The predicted octanol–water partition coefficient (Wildman–Crippen LogP) is 6.18. The molecule has 0 aliphatic rings. The zero-order valence-corrected chi connectivity index (χ0v) is 15.2. The van der Waals surface area contributed by atoms with Gasteiger partial charge in [0.05, 0.1) is 0 Å². The van der Waals surface area contributed by atoms with Crippen molar-refractivity contribution in [2.24, 2.45) is 0 Å². The van der Waals surface area contributed by atoms with E-state index in [1.165, 1.54) is 6.33 Å². The molecule has 0 saturated heterocycles. The summed E-state index contributed by atoms with van der Waals surface area (Å²) in [6.07, 6.45) is 7.38. The normalized spacial score (nSPS) is 10.7. The number of anilines is 2. The maximum Gasteiger partial charge on any atom is 0.141 e. The number of hydrogen-bond donors (Lipinski definition) is 1. The Morgan fingerprint density at radius 1 is 0.714 bits per heavy atom. The number of aromatic nitrogens is 2. The van der Waals surface area contributed by atoms with Crippen molar-refractivity contribution in [3.05, 3.63) is 109 Å². The third-order valence-corrected chi connectivity index (χ3v) is 4.09. The van der Waals surface area contributed by atoms with Crippen molar-refractivity contribution < 1.29 is 4.74 Å². The van der Waals surface area contributed by atoms with E-state index in [0.29, 0.717) is 0 Å². The van der Waals surface area contributed by atoms with Crippen molar-refractivity contribution in [1.82, 2.24) is 9.97 Å². The highest BCUT2D eigenvalue weighted by Gasteiger charge is 2.03. The van der Waals surface area contributed by atoms with E-state index in [9.17, 15) is 0 Å². The van der Waals surface area contributed by atoms with Gasteiger partial charge in [-0.15, -0.1) is 0 Å². The van der Waals surface area contributed by atoms with Gasteiger partial charge < -0.3 is 10.1 Å². The predicted molar refractivity (Wildman–Crippen MR) is 114 cm³/mol. The molecule has 0 unspecified atom stereocenters. The van der Waals surface area contributed by atoms with Gasteiger partial charge in [-0.2, -0.15) is 0 Å². The monoisotopic (exact) mass is 365 g/mol. The van der Waals surface area contributed by atoms with Crippen LogP contribution in [0.3, 0.4) is 0 Å². The molecular formula is C24H19N3O. The van der Waals surface area contributed by atoms with E-state index in [1.54, 1.807) is 6.20 Å². The van der Waals surface area contributed by atoms with E-state index in [2.05, 4.69) is 27.4 Å². The summed E-state index contributed by atoms with van der Waals surface area (Å²) in [4.78, 5) is 8.51. The second-order valence-corrected chi connectivity index (χ2v) is 6.14. The molecule has 0 radical (unpaired) electrons. The van der Waals surface area contributed by atoms with E-state index in [4.69, 9.17) is 4.74 Å². The molecule has 1 aromatic heterocycles. The summed E-state index contributed by atoms with van der Waals surface area (Å²) < 4.78 is 5.83. The number of hydrogen-bond acceptors (Lipinski definition) is 4. The van der Waals surface area contributed by atoms with E-state index >= 15 is 0 Å². The second-order valence-electron chi connectivity index (χ2n) is 6.14. The van der Waals surface area contributed by atoms with Crippen LogP contribution in [0.5, 0.6) is 11.5 Å². The Morgan fingerprint density at radius 2 is 1.39 bits per heavy atom. The molecule has 0 aliphatic carbocycles. The first-order valence-corrected chi connectivity index (χ1v) is 9.00. The molecule has 0 bridgehead atoms. The van der Waals surface area contributed by atoms with Gasteiger partial charge in [0.1, 0.15) is 23.6 Å². The molecule has 1 N–H and O–H groups in total. The first kappa shape index (κ1) is 17.5. The van der Waals surface area contributed by atoms with Crippen molar-refractivity contribution in [3.63, 3.8) is 0 Å². The lowest BCUT2D eigenvalue weighted by Gasteiger charge is -2.10. The van der Waals surface area contributed by atoms with Gasteiger partial charge in [-0.05, 0) is 48.0 Å². The van der Waals surface area contributed by atoms with Crippen molar-refractivity contribution in [3.8, 4) is 11.5 Å². The first-order chi connectivity index (χ1) is 13.9. The Kier molecular flexibility index (Phi) is 5.40. The Labute approximate surface area is 164 Å². The Morgan fingerprint density at radius 3 is 2.14 bits per heavy atom. The number of nitrogens with one attached hydrogen (secondary N) is 1. The summed E-state index contributed by atoms with van der Waals surface area (Å²) in [6, 6.07) is 27.6. The van der Waals surface area contributed by atoms with Crippen LogP contribution in [-0.2, 0) is 0 Å². The number of rotatable bonds is 6. The number of ether oxygens (including phenoxy) is 1. The fourth-order valence-electron chi connectivity index (χ4n) is 2.68. The van der Waals surface area contributed by atoms with Gasteiger partial charge in [-0.25, -0.2) is 9.97 Å². The summed E-state index contributed by atoms with van der Waals surface area (Å²) >= 11 is 0. The van der Waals surface area contributed by atoms with E-state index in [0.717, 1.165) is 34.1 Å². The average molecular weight is 365 g/mol. The van der Waals surface area contributed by atoms with Gasteiger partial charge in [-0.3, -0.25) is 0 Å². The van der Waals surface area contributed by atoms with Crippen LogP contribution in [0, 0.1) is 0 Å². The van der Waals surface area contributed by atoms with Crippen LogP contribution in [0.15, 0.2) is 97.5 Å². The van der Waals surface area contributed by atoms with E-state index in [1.807, 2.05) is 84.9 Å². The van der Waals surface area contributed by atoms with Gasteiger partial charge in [-0.1, -0.05) is 54.6 Å². The highest BCUT2D eigenvalue weighted by atomic mass is 16.5. The molecule has 0 saturated carbocycles. The lowest BCUT2D eigenvalue weighted by Crippen LogP contribution is -1.97. The summed E-state index contributed by atoms with van der Waals surface area (Å²) in [5, 5.41) is 3.34. The molecule has 0 aliphatic heterocycles. The molecule has 0 spiro atoms. The van der Waals surface area contributed by atoms with E-state index in [-0.39, 0.29) is 0 Å². The SMILES string of the molecule is C(=C\c1cncnc1Nc1ccc(Oc2ccccc2)cc1)/c1ccccc1.